The van der Waals surface area contributed by atoms with Crippen LogP contribution in [0.4, 0.5) is 8.78 Å². The van der Waals surface area contributed by atoms with Crippen LogP contribution in [-0.2, 0) is 0 Å². The summed E-state index contributed by atoms with van der Waals surface area (Å²) < 4.78 is 29.7. The summed E-state index contributed by atoms with van der Waals surface area (Å²) in [7, 11) is 0. The van der Waals surface area contributed by atoms with E-state index in [4.69, 9.17) is 0 Å². The van der Waals surface area contributed by atoms with E-state index in [-0.39, 0.29) is 5.56 Å². The quantitative estimate of drug-likeness (QED) is 0.468. The van der Waals surface area contributed by atoms with Gasteiger partial charge in [0.05, 0.1) is 5.56 Å². The van der Waals surface area contributed by atoms with Crippen molar-refractivity contribution in [2.75, 3.05) is 0 Å². The number of thiophene rings is 1. The van der Waals surface area contributed by atoms with Crippen molar-refractivity contribution in [3.8, 4) is 21.6 Å². The number of hydrogen-bond acceptors (Lipinski definition) is 1. The maximum absolute atomic E-state index is 15.0. The summed E-state index contributed by atoms with van der Waals surface area (Å²) >= 11 is 1.41. The van der Waals surface area contributed by atoms with Gasteiger partial charge in [-0.05, 0) is 85.5 Å². The SMILES string of the molecule is Cc1ccc(-c2c(F)cc(-c3ccc(C4CC4)c(C)c3)c(C)c2F)s1. The minimum atomic E-state index is -0.496. The Bertz CT molecular complexity index is 964. The maximum Gasteiger partial charge on any atom is 0.138 e. The van der Waals surface area contributed by atoms with E-state index in [9.17, 15) is 8.78 Å². The molecular weight excluding hydrogens is 334 g/mol. The average molecular weight is 354 g/mol. The normalized spacial score (nSPS) is 14.1. The summed E-state index contributed by atoms with van der Waals surface area (Å²) in [5.74, 6) is -0.280. The van der Waals surface area contributed by atoms with Gasteiger partial charge in [-0.1, -0.05) is 18.2 Å². The molecule has 0 radical (unpaired) electrons. The van der Waals surface area contributed by atoms with Crippen LogP contribution in [0.3, 0.4) is 0 Å². The van der Waals surface area contributed by atoms with Crippen molar-refractivity contribution in [3.05, 3.63) is 69.6 Å². The first-order valence-corrected chi connectivity index (χ1v) is 9.43. The molecule has 1 aliphatic rings. The zero-order chi connectivity index (χ0) is 17.7. The minimum absolute atomic E-state index is 0.0886. The lowest BCUT2D eigenvalue weighted by Gasteiger charge is -2.14. The summed E-state index contributed by atoms with van der Waals surface area (Å²) in [6.45, 7) is 5.76. The van der Waals surface area contributed by atoms with Crippen molar-refractivity contribution < 1.29 is 8.78 Å². The van der Waals surface area contributed by atoms with E-state index in [1.807, 2.05) is 19.1 Å². The van der Waals surface area contributed by atoms with E-state index in [1.54, 1.807) is 13.0 Å². The van der Waals surface area contributed by atoms with Gasteiger partial charge in [0.15, 0.2) is 0 Å². The molecule has 2 aromatic carbocycles. The predicted octanol–water partition coefficient (Wildman–Crippen LogP) is 7.16. The largest absolute Gasteiger partial charge is 0.206 e. The van der Waals surface area contributed by atoms with Crippen LogP contribution in [0.1, 0.15) is 40.3 Å². The molecule has 1 fully saturated rings. The number of rotatable bonds is 3. The number of halogens is 2. The van der Waals surface area contributed by atoms with Crippen LogP contribution in [0.5, 0.6) is 0 Å². The van der Waals surface area contributed by atoms with Crippen LogP contribution in [0.25, 0.3) is 21.6 Å². The monoisotopic (exact) mass is 354 g/mol. The maximum atomic E-state index is 15.0. The van der Waals surface area contributed by atoms with Crippen molar-refractivity contribution >= 4 is 11.3 Å². The molecule has 1 heterocycles. The molecule has 0 bridgehead atoms. The topological polar surface area (TPSA) is 0 Å². The summed E-state index contributed by atoms with van der Waals surface area (Å²) in [5.41, 5.74) is 4.68. The Labute approximate surface area is 151 Å². The van der Waals surface area contributed by atoms with E-state index in [0.717, 1.165) is 10.4 Å². The molecule has 4 rings (SSSR count). The Morgan fingerprint density at radius 3 is 2.32 bits per heavy atom. The highest BCUT2D eigenvalue weighted by molar-refractivity contribution is 7.15. The second-order valence-corrected chi connectivity index (χ2v) is 8.26. The van der Waals surface area contributed by atoms with Crippen molar-refractivity contribution in [1.82, 2.24) is 0 Å². The van der Waals surface area contributed by atoms with E-state index in [1.165, 1.54) is 41.4 Å². The zero-order valence-corrected chi connectivity index (χ0v) is 15.4. The van der Waals surface area contributed by atoms with Gasteiger partial charge in [-0.3, -0.25) is 0 Å². The lowest BCUT2D eigenvalue weighted by atomic mass is 9.93. The lowest BCUT2D eigenvalue weighted by Crippen LogP contribution is -1.97. The first-order valence-electron chi connectivity index (χ1n) is 8.62. The highest BCUT2D eigenvalue weighted by atomic mass is 32.1. The molecule has 3 heteroatoms. The van der Waals surface area contributed by atoms with E-state index >= 15 is 0 Å². The molecule has 1 aromatic heterocycles. The lowest BCUT2D eigenvalue weighted by molar-refractivity contribution is 0.585. The fourth-order valence-electron chi connectivity index (χ4n) is 3.51. The third-order valence-corrected chi connectivity index (χ3v) is 6.07. The summed E-state index contributed by atoms with van der Waals surface area (Å²) in [5, 5.41) is 0. The number of benzene rings is 2. The molecule has 0 amide bonds. The fraction of sp³-hybridized carbons (Fsp3) is 0.273. The highest BCUT2D eigenvalue weighted by Crippen LogP contribution is 2.43. The van der Waals surface area contributed by atoms with Crippen molar-refractivity contribution in [1.29, 1.82) is 0 Å². The summed E-state index contributed by atoms with van der Waals surface area (Å²) in [4.78, 5) is 1.68. The third kappa shape index (κ3) is 2.91. The molecule has 0 unspecified atom stereocenters. The molecule has 0 nitrogen and oxygen atoms in total. The van der Waals surface area contributed by atoms with Gasteiger partial charge >= 0.3 is 0 Å². The molecular formula is C22H20F2S. The fourth-order valence-corrected chi connectivity index (χ4v) is 4.42. The van der Waals surface area contributed by atoms with E-state index in [2.05, 4.69) is 19.1 Å². The Kier molecular flexibility index (Phi) is 3.99. The van der Waals surface area contributed by atoms with Crippen molar-refractivity contribution in [2.24, 2.45) is 0 Å². The minimum Gasteiger partial charge on any atom is -0.206 e. The molecule has 3 aromatic rings. The van der Waals surface area contributed by atoms with Gasteiger partial charge < -0.3 is 0 Å². The van der Waals surface area contributed by atoms with Crippen LogP contribution in [0.15, 0.2) is 36.4 Å². The molecule has 128 valence electrons. The van der Waals surface area contributed by atoms with E-state index in [0.29, 0.717) is 21.9 Å². The van der Waals surface area contributed by atoms with Gasteiger partial charge in [-0.2, -0.15) is 0 Å². The smallest absolute Gasteiger partial charge is 0.138 e. The van der Waals surface area contributed by atoms with Gasteiger partial charge in [0.25, 0.3) is 0 Å². The molecule has 25 heavy (non-hydrogen) atoms. The summed E-state index contributed by atoms with van der Waals surface area (Å²) in [6, 6.07) is 11.3. The molecule has 1 saturated carbocycles. The average Bonchev–Trinajstić information content (AvgIpc) is 3.33. The Hall–Kier alpha value is -2.00. The second-order valence-electron chi connectivity index (χ2n) is 6.98. The van der Waals surface area contributed by atoms with Crippen LogP contribution in [-0.4, -0.2) is 0 Å². The summed E-state index contributed by atoms with van der Waals surface area (Å²) in [6.07, 6.45) is 2.49. The third-order valence-electron chi connectivity index (χ3n) is 5.05. The second kappa shape index (κ2) is 6.06. The van der Waals surface area contributed by atoms with Crippen LogP contribution < -0.4 is 0 Å². The Morgan fingerprint density at radius 2 is 1.72 bits per heavy atom. The first kappa shape index (κ1) is 16.5. The molecule has 0 N–H and O–H groups in total. The van der Waals surface area contributed by atoms with Gasteiger partial charge in [0, 0.05) is 9.75 Å². The van der Waals surface area contributed by atoms with Crippen molar-refractivity contribution in [2.45, 2.75) is 39.5 Å². The Morgan fingerprint density at radius 1 is 0.960 bits per heavy atom. The van der Waals surface area contributed by atoms with Crippen LogP contribution in [0.2, 0.25) is 0 Å². The number of hydrogen-bond donors (Lipinski definition) is 0. The van der Waals surface area contributed by atoms with Gasteiger partial charge in [0.2, 0.25) is 0 Å². The van der Waals surface area contributed by atoms with Gasteiger partial charge in [-0.25, -0.2) is 8.78 Å². The zero-order valence-electron chi connectivity index (χ0n) is 14.6. The highest BCUT2D eigenvalue weighted by Gasteiger charge is 2.25. The van der Waals surface area contributed by atoms with E-state index < -0.39 is 11.6 Å². The standard InChI is InChI=1S/C22H20F2S/c1-12-10-16(7-8-17(12)15-5-6-15)18-11-19(23)21(22(24)14(18)3)20-9-4-13(2)25-20/h4,7-11,15H,5-6H2,1-3H3. The van der Waals surface area contributed by atoms with Gasteiger partial charge in [-0.15, -0.1) is 11.3 Å². The predicted molar refractivity (Wildman–Crippen MR) is 101 cm³/mol. The number of aryl methyl sites for hydroxylation is 2. The van der Waals surface area contributed by atoms with Gasteiger partial charge in [0.1, 0.15) is 11.6 Å². The molecule has 0 spiro atoms. The first-order chi connectivity index (χ1) is 12.0. The molecule has 1 aliphatic carbocycles. The van der Waals surface area contributed by atoms with Crippen LogP contribution >= 0.6 is 11.3 Å². The van der Waals surface area contributed by atoms with Crippen molar-refractivity contribution in [3.63, 3.8) is 0 Å². The van der Waals surface area contributed by atoms with Crippen LogP contribution in [0, 0.1) is 32.4 Å². The molecule has 0 saturated heterocycles. The Balaban J connectivity index is 1.82. The molecule has 0 aliphatic heterocycles. The molecule has 0 atom stereocenters.